The van der Waals surface area contributed by atoms with E-state index in [-0.39, 0.29) is 36.1 Å². The van der Waals surface area contributed by atoms with Gasteiger partial charge in [0, 0.05) is 52.9 Å². The van der Waals surface area contributed by atoms with Crippen molar-refractivity contribution < 1.29 is 33.3 Å². The number of amides is 3. The lowest BCUT2D eigenvalue weighted by atomic mass is 10.1. The molecule has 0 unspecified atom stereocenters. The van der Waals surface area contributed by atoms with Crippen LogP contribution in [0.5, 0.6) is 5.75 Å². The number of nitrogens with zero attached hydrogens (tertiary/aromatic N) is 4. The van der Waals surface area contributed by atoms with Gasteiger partial charge in [0.15, 0.2) is 0 Å². The third kappa shape index (κ3) is 10.6. The number of anilines is 2. The van der Waals surface area contributed by atoms with Crippen LogP contribution < -0.4 is 31.7 Å². The van der Waals surface area contributed by atoms with Gasteiger partial charge in [-0.3, -0.25) is 13.9 Å². The molecule has 3 amide bonds. The summed E-state index contributed by atoms with van der Waals surface area (Å²) >= 11 is 0. The van der Waals surface area contributed by atoms with Crippen molar-refractivity contribution >= 4 is 46.8 Å². The summed E-state index contributed by atoms with van der Waals surface area (Å²) in [7, 11) is 4.95. The zero-order valence-electron chi connectivity index (χ0n) is 28.8. The predicted molar refractivity (Wildman–Crippen MR) is 190 cm³/mol. The van der Waals surface area contributed by atoms with Crippen molar-refractivity contribution in [2.75, 3.05) is 103 Å². The number of methoxy groups -OCH3 is 1. The van der Waals surface area contributed by atoms with Crippen molar-refractivity contribution in [1.29, 1.82) is 0 Å². The third-order valence-electron chi connectivity index (χ3n) is 8.11. The van der Waals surface area contributed by atoms with E-state index in [0.717, 1.165) is 11.2 Å². The minimum atomic E-state index is -0.331. The van der Waals surface area contributed by atoms with E-state index in [1.165, 1.54) is 7.11 Å². The van der Waals surface area contributed by atoms with Crippen molar-refractivity contribution in [1.82, 2.24) is 19.4 Å². The highest BCUT2D eigenvalue weighted by Gasteiger charge is 2.29. The number of hydrogen-bond acceptors (Lipinski definition) is 10. The van der Waals surface area contributed by atoms with Crippen LogP contribution in [0.15, 0.2) is 41.2 Å². The average molecular weight is 708 g/mol. The fourth-order valence-electron chi connectivity index (χ4n) is 5.58. The first-order valence-electron chi connectivity index (χ1n) is 16.2. The van der Waals surface area contributed by atoms with E-state index >= 15 is 0 Å². The number of para-hydroxylation sites is 1. The topological polar surface area (TPSA) is 164 Å². The molecule has 0 radical (unpaired) electrons. The monoisotopic (exact) mass is 707 g/mol. The SMILES string of the molecule is COc1ccccc1C(=O)Nc1cc2c(cc1N1CCN(C(=O)NCCOCCOCCOCCOCCN)C[C@H]1C)n(C)c(=O)n2C.Cl. The highest BCUT2D eigenvalue weighted by Crippen LogP contribution is 2.34. The molecule has 1 aromatic heterocycles. The summed E-state index contributed by atoms with van der Waals surface area (Å²) in [5, 5.41) is 5.98. The number of rotatable bonds is 18. The Morgan fingerprint density at radius 1 is 0.878 bits per heavy atom. The number of piperazine rings is 1. The number of fused-ring (bicyclic) bond motifs is 1. The molecule has 2 heterocycles. The standard InChI is InChI=1S/C33H49N7O8.ClH/c1-24-23-39(32(42)35-10-14-46-16-18-48-20-19-47-17-15-45-13-9-34)11-12-40(24)27-22-29-28(37(2)33(43)38(29)3)21-26(27)36-31(41)25-7-5-6-8-30(25)44-4;/h5-8,21-22,24H,9-20,23,34H2,1-4H3,(H,35,42)(H,36,41);1H/t24-;/m1./s1. The van der Waals surface area contributed by atoms with Crippen LogP contribution >= 0.6 is 12.4 Å². The second-order valence-corrected chi connectivity index (χ2v) is 11.4. The first kappa shape index (κ1) is 39.6. The molecule has 15 nitrogen and oxygen atoms in total. The van der Waals surface area contributed by atoms with Crippen molar-refractivity contribution in [2.45, 2.75) is 13.0 Å². The summed E-state index contributed by atoms with van der Waals surface area (Å²) in [6, 6.07) is 10.5. The Morgan fingerprint density at radius 2 is 1.47 bits per heavy atom. The molecule has 4 N–H and O–H groups in total. The molecular weight excluding hydrogens is 658 g/mol. The van der Waals surface area contributed by atoms with Gasteiger partial charge in [-0.15, -0.1) is 12.4 Å². The van der Waals surface area contributed by atoms with Gasteiger partial charge in [0.1, 0.15) is 5.75 Å². The quantitative estimate of drug-likeness (QED) is 0.166. The smallest absolute Gasteiger partial charge is 0.328 e. The van der Waals surface area contributed by atoms with Crippen molar-refractivity contribution in [3.05, 3.63) is 52.4 Å². The molecule has 1 atom stereocenters. The van der Waals surface area contributed by atoms with Gasteiger partial charge in [-0.25, -0.2) is 9.59 Å². The lowest BCUT2D eigenvalue weighted by Crippen LogP contribution is -2.56. The van der Waals surface area contributed by atoms with Crippen LogP contribution in [-0.4, -0.2) is 125 Å². The molecule has 0 aliphatic carbocycles. The maximum Gasteiger partial charge on any atom is 0.328 e. The Morgan fingerprint density at radius 3 is 2.08 bits per heavy atom. The van der Waals surface area contributed by atoms with Gasteiger partial charge >= 0.3 is 11.7 Å². The number of imidazole rings is 1. The predicted octanol–water partition coefficient (Wildman–Crippen LogP) is 1.80. The Hall–Kier alpha value is -3.86. The van der Waals surface area contributed by atoms with Gasteiger partial charge in [-0.1, -0.05) is 12.1 Å². The zero-order chi connectivity index (χ0) is 34.5. The Bertz CT molecular complexity index is 1570. The summed E-state index contributed by atoms with van der Waals surface area (Å²) < 4.78 is 30.2. The number of carbonyl (C=O) groups excluding carboxylic acids is 2. The highest BCUT2D eigenvalue weighted by atomic mass is 35.5. The molecule has 1 aliphatic heterocycles. The molecule has 0 saturated carbocycles. The number of aromatic nitrogens is 2. The van der Waals surface area contributed by atoms with Crippen LogP contribution in [0.2, 0.25) is 0 Å². The number of carbonyl (C=O) groups is 2. The van der Waals surface area contributed by atoms with Crippen LogP contribution in [0.1, 0.15) is 17.3 Å². The summed E-state index contributed by atoms with van der Waals surface area (Å²) in [4.78, 5) is 43.1. The summed E-state index contributed by atoms with van der Waals surface area (Å²) in [6.45, 7) is 8.07. The van der Waals surface area contributed by atoms with Gasteiger partial charge in [-0.05, 0) is 31.2 Å². The van der Waals surface area contributed by atoms with E-state index in [1.54, 1.807) is 52.4 Å². The normalized spacial score (nSPS) is 14.5. The van der Waals surface area contributed by atoms with E-state index in [4.69, 9.17) is 29.4 Å². The Labute approximate surface area is 292 Å². The van der Waals surface area contributed by atoms with Crippen molar-refractivity contribution in [3.63, 3.8) is 0 Å². The molecule has 2 aromatic carbocycles. The van der Waals surface area contributed by atoms with E-state index in [0.29, 0.717) is 108 Å². The second-order valence-electron chi connectivity index (χ2n) is 11.4. The third-order valence-corrected chi connectivity index (χ3v) is 8.11. The van der Waals surface area contributed by atoms with Crippen molar-refractivity contribution in [2.24, 2.45) is 19.8 Å². The first-order chi connectivity index (χ1) is 23.3. The molecule has 3 aromatic rings. The molecule has 1 aliphatic rings. The van der Waals surface area contributed by atoms with Gasteiger partial charge in [-0.2, -0.15) is 0 Å². The largest absolute Gasteiger partial charge is 0.496 e. The van der Waals surface area contributed by atoms with Gasteiger partial charge < -0.3 is 49.9 Å². The van der Waals surface area contributed by atoms with E-state index < -0.39 is 0 Å². The van der Waals surface area contributed by atoms with E-state index in [9.17, 15) is 14.4 Å². The van der Waals surface area contributed by atoms with Crippen LogP contribution in [0, 0.1) is 0 Å². The maximum atomic E-state index is 13.4. The van der Waals surface area contributed by atoms with Gasteiger partial charge in [0.25, 0.3) is 5.91 Å². The molecule has 4 rings (SSSR count). The molecule has 272 valence electrons. The number of ether oxygens (including phenoxy) is 5. The lowest BCUT2D eigenvalue weighted by Gasteiger charge is -2.42. The minimum absolute atomic E-state index is 0. The number of nitrogens with two attached hydrogens (primary N) is 1. The number of aryl methyl sites for hydroxylation is 2. The van der Waals surface area contributed by atoms with E-state index in [1.807, 2.05) is 19.1 Å². The molecular formula is C33H50ClN7O8. The average Bonchev–Trinajstić information content (AvgIpc) is 3.30. The summed E-state index contributed by atoms with van der Waals surface area (Å²) in [6.07, 6.45) is 0. The van der Waals surface area contributed by atoms with Crippen LogP contribution in [0.4, 0.5) is 16.2 Å². The molecule has 0 spiro atoms. The number of urea groups is 1. The Kier molecular flexibility index (Phi) is 16.1. The van der Waals surface area contributed by atoms with Gasteiger partial charge in [0.05, 0.1) is 87.9 Å². The van der Waals surface area contributed by atoms with Crippen LogP contribution in [0.25, 0.3) is 11.0 Å². The zero-order valence-corrected chi connectivity index (χ0v) is 29.6. The fraction of sp³-hybridized carbons (Fsp3) is 0.545. The van der Waals surface area contributed by atoms with Crippen LogP contribution in [0.3, 0.4) is 0 Å². The lowest BCUT2D eigenvalue weighted by molar-refractivity contribution is -0.000541. The number of halogens is 1. The molecule has 1 fully saturated rings. The Balaban J connectivity index is 0.00000650. The minimum Gasteiger partial charge on any atom is -0.496 e. The second kappa shape index (κ2) is 20.0. The summed E-state index contributed by atoms with van der Waals surface area (Å²) in [5.41, 5.74) is 8.34. The van der Waals surface area contributed by atoms with Crippen LogP contribution in [-0.2, 0) is 33.0 Å². The molecule has 49 heavy (non-hydrogen) atoms. The maximum absolute atomic E-state index is 13.4. The highest BCUT2D eigenvalue weighted by molar-refractivity contribution is 6.09. The van der Waals surface area contributed by atoms with Crippen molar-refractivity contribution in [3.8, 4) is 5.75 Å². The summed E-state index contributed by atoms with van der Waals surface area (Å²) in [5.74, 6) is 0.126. The fourth-order valence-corrected chi connectivity index (χ4v) is 5.58. The number of hydrogen-bond donors (Lipinski definition) is 3. The molecule has 1 saturated heterocycles. The number of benzene rings is 2. The number of nitrogens with one attached hydrogen (secondary N) is 2. The molecule has 0 bridgehead atoms. The van der Waals surface area contributed by atoms with Gasteiger partial charge in [0.2, 0.25) is 0 Å². The first-order valence-corrected chi connectivity index (χ1v) is 16.2. The molecule has 16 heteroatoms. The van der Waals surface area contributed by atoms with E-state index in [2.05, 4.69) is 15.5 Å².